The van der Waals surface area contributed by atoms with Crippen LogP contribution in [-0.4, -0.2) is 33.3 Å². The van der Waals surface area contributed by atoms with E-state index in [9.17, 15) is 0 Å². The van der Waals surface area contributed by atoms with Gasteiger partial charge in [0, 0.05) is 37.0 Å². The van der Waals surface area contributed by atoms with Gasteiger partial charge in [0.2, 0.25) is 5.95 Å². The zero-order valence-corrected chi connectivity index (χ0v) is 20.6. The van der Waals surface area contributed by atoms with E-state index >= 15 is 0 Å². The normalized spacial score (nSPS) is 19.3. The quantitative estimate of drug-likeness (QED) is 0.501. The van der Waals surface area contributed by atoms with Crippen LogP contribution in [0.1, 0.15) is 98.1 Å². The molecule has 2 N–H and O–H groups in total. The summed E-state index contributed by atoms with van der Waals surface area (Å²) in [5.74, 6) is 4.70. The molecular formula is C25H44N6. The number of aromatic nitrogens is 4. The maximum absolute atomic E-state index is 4.74. The van der Waals surface area contributed by atoms with E-state index in [0.29, 0.717) is 5.92 Å². The summed E-state index contributed by atoms with van der Waals surface area (Å²) in [4.78, 5) is 11.6. The molecule has 2 unspecified atom stereocenters. The number of anilines is 3. The SMILES string of the molecule is CC.CC.CCC(C)CC1CCN(c2nccc(Nc3cc(C4CCCC4)[nH]n3)n2)C1. The van der Waals surface area contributed by atoms with Crippen molar-refractivity contribution in [3.63, 3.8) is 0 Å². The predicted molar refractivity (Wildman–Crippen MR) is 132 cm³/mol. The van der Waals surface area contributed by atoms with E-state index in [4.69, 9.17) is 4.98 Å². The van der Waals surface area contributed by atoms with Crippen LogP contribution in [0.4, 0.5) is 17.6 Å². The summed E-state index contributed by atoms with van der Waals surface area (Å²) in [7, 11) is 0. The number of rotatable bonds is 7. The van der Waals surface area contributed by atoms with E-state index in [1.165, 1.54) is 50.6 Å². The van der Waals surface area contributed by atoms with Crippen LogP contribution in [0.15, 0.2) is 18.3 Å². The molecule has 1 saturated heterocycles. The van der Waals surface area contributed by atoms with Gasteiger partial charge in [-0.15, -0.1) is 0 Å². The van der Waals surface area contributed by atoms with E-state index in [-0.39, 0.29) is 0 Å². The van der Waals surface area contributed by atoms with Crippen molar-refractivity contribution in [3.05, 3.63) is 24.0 Å². The molecular weight excluding hydrogens is 384 g/mol. The average Bonchev–Trinajstić information content (AvgIpc) is 3.59. The third kappa shape index (κ3) is 7.22. The minimum absolute atomic E-state index is 0.640. The van der Waals surface area contributed by atoms with Crippen LogP contribution in [0.2, 0.25) is 0 Å². The molecule has 6 heteroatoms. The molecule has 2 aliphatic rings. The molecule has 0 radical (unpaired) electrons. The number of hydrogen-bond donors (Lipinski definition) is 2. The molecule has 4 rings (SSSR count). The molecule has 2 atom stereocenters. The topological polar surface area (TPSA) is 69.7 Å². The summed E-state index contributed by atoms with van der Waals surface area (Å²) in [5.41, 5.74) is 1.25. The molecule has 2 fully saturated rings. The maximum Gasteiger partial charge on any atom is 0.227 e. The number of aromatic amines is 1. The lowest BCUT2D eigenvalue weighted by atomic mass is 9.93. The third-order valence-corrected chi connectivity index (χ3v) is 6.29. The van der Waals surface area contributed by atoms with E-state index in [1.807, 2.05) is 40.0 Å². The summed E-state index contributed by atoms with van der Waals surface area (Å²) >= 11 is 0. The van der Waals surface area contributed by atoms with Crippen molar-refractivity contribution in [2.24, 2.45) is 11.8 Å². The van der Waals surface area contributed by atoms with Gasteiger partial charge in [-0.1, -0.05) is 60.8 Å². The second kappa shape index (κ2) is 13.3. The van der Waals surface area contributed by atoms with Gasteiger partial charge in [0.1, 0.15) is 5.82 Å². The van der Waals surface area contributed by atoms with Crippen LogP contribution in [0.5, 0.6) is 0 Å². The van der Waals surface area contributed by atoms with Crippen LogP contribution in [-0.2, 0) is 0 Å². The number of hydrogen-bond acceptors (Lipinski definition) is 5. The molecule has 2 aromatic rings. The van der Waals surface area contributed by atoms with Crippen molar-refractivity contribution in [2.45, 2.75) is 92.4 Å². The van der Waals surface area contributed by atoms with Crippen molar-refractivity contribution in [3.8, 4) is 0 Å². The number of nitrogens with one attached hydrogen (secondary N) is 2. The second-order valence-corrected chi connectivity index (χ2v) is 8.41. The molecule has 0 bridgehead atoms. The Morgan fingerprint density at radius 1 is 1.13 bits per heavy atom. The lowest BCUT2D eigenvalue weighted by Gasteiger charge is -2.18. The highest BCUT2D eigenvalue weighted by atomic mass is 15.3. The summed E-state index contributed by atoms with van der Waals surface area (Å²) in [6, 6.07) is 4.05. The van der Waals surface area contributed by atoms with Gasteiger partial charge in [0.25, 0.3) is 0 Å². The molecule has 1 saturated carbocycles. The number of nitrogens with zero attached hydrogens (tertiary/aromatic N) is 4. The fourth-order valence-corrected chi connectivity index (χ4v) is 4.49. The number of H-pyrrole nitrogens is 1. The van der Waals surface area contributed by atoms with E-state index in [1.54, 1.807) is 0 Å². The van der Waals surface area contributed by atoms with Crippen molar-refractivity contribution >= 4 is 17.6 Å². The Morgan fingerprint density at radius 3 is 2.58 bits per heavy atom. The lowest BCUT2D eigenvalue weighted by molar-refractivity contribution is 0.407. The lowest BCUT2D eigenvalue weighted by Crippen LogP contribution is -2.22. The van der Waals surface area contributed by atoms with Gasteiger partial charge >= 0.3 is 0 Å². The van der Waals surface area contributed by atoms with Crippen LogP contribution in [0.3, 0.4) is 0 Å². The highest BCUT2D eigenvalue weighted by Gasteiger charge is 2.25. The zero-order valence-electron chi connectivity index (χ0n) is 20.6. The van der Waals surface area contributed by atoms with Crippen LogP contribution < -0.4 is 10.2 Å². The molecule has 174 valence electrons. The Hall–Kier alpha value is -2.11. The van der Waals surface area contributed by atoms with Crippen LogP contribution >= 0.6 is 0 Å². The monoisotopic (exact) mass is 428 g/mol. The Labute approximate surface area is 189 Å². The van der Waals surface area contributed by atoms with Crippen molar-refractivity contribution in [2.75, 3.05) is 23.3 Å². The van der Waals surface area contributed by atoms with Gasteiger partial charge in [0.15, 0.2) is 5.82 Å². The van der Waals surface area contributed by atoms with Gasteiger partial charge in [-0.25, -0.2) is 4.98 Å². The van der Waals surface area contributed by atoms with E-state index in [2.05, 4.69) is 45.3 Å². The first-order valence-corrected chi connectivity index (χ1v) is 12.6. The smallest absolute Gasteiger partial charge is 0.227 e. The summed E-state index contributed by atoms with van der Waals surface area (Å²) in [6.45, 7) is 14.8. The minimum atomic E-state index is 0.640. The Kier molecular flexibility index (Phi) is 10.8. The van der Waals surface area contributed by atoms with Crippen molar-refractivity contribution < 1.29 is 0 Å². The first kappa shape index (κ1) is 25.2. The standard InChI is InChI=1S/C21H32N6.2C2H6/c1-3-15(2)12-16-9-11-27(14-16)21-22-10-8-19(24-21)23-20-13-18(25-26-20)17-6-4-5-7-17;2*1-2/h8,10,13,15-17H,3-7,9,11-12,14H2,1-2H3,(H2,22,23,24,25,26);2*1-2H3. The second-order valence-electron chi connectivity index (χ2n) is 8.41. The molecule has 6 nitrogen and oxygen atoms in total. The van der Waals surface area contributed by atoms with Gasteiger partial charge in [0.05, 0.1) is 0 Å². The molecule has 0 aromatic carbocycles. The van der Waals surface area contributed by atoms with E-state index < -0.39 is 0 Å². The maximum atomic E-state index is 4.74. The van der Waals surface area contributed by atoms with Crippen molar-refractivity contribution in [1.29, 1.82) is 0 Å². The Balaban J connectivity index is 0.000000807. The predicted octanol–water partition coefficient (Wildman–Crippen LogP) is 6.92. The first-order chi connectivity index (χ1) is 15.2. The van der Waals surface area contributed by atoms with Crippen LogP contribution in [0, 0.1) is 11.8 Å². The first-order valence-electron chi connectivity index (χ1n) is 12.6. The molecule has 31 heavy (non-hydrogen) atoms. The average molecular weight is 429 g/mol. The van der Waals surface area contributed by atoms with Gasteiger partial charge in [-0.05, 0) is 43.6 Å². The zero-order chi connectivity index (χ0) is 22.6. The molecule has 2 aromatic heterocycles. The van der Waals surface area contributed by atoms with Gasteiger partial charge in [-0.3, -0.25) is 5.10 Å². The highest BCUT2D eigenvalue weighted by Crippen LogP contribution is 2.34. The highest BCUT2D eigenvalue weighted by molar-refractivity contribution is 5.53. The molecule has 0 spiro atoms. The fraction of sp³-hybridized carbons (Fsp3) is 0.720. The Bertz CT molecular complexity index is 737. The Morgan fingerprint density at radius 2 is 1.87 bits per heavy atom. The van der Waals surface area contributed by atoms with Crippen LogP contribution in [0.25, 0.3) is 0 Å². The van der Waals surface area contributed by atoms with E-state index in [0.717, 1.165) is 42.5 Å². The largest absolute Gasteiger partial charge is 0.340 e. The molecule has 3 heterocycles. The molecule has 1 aliphatic carbocycles. The fourth-order valence-electron chi connectivity index (χ4n) is 4.49. The molecule has 1 aliphatic heterocycles. The molecule has 0 amide bonds. The summed E-state index contributed by atoms with van der Waals surface area (Å²) in [5, 5.41) is 11.0. The van der Waals surface area contributed by atoms with Gasteiger partial charge < -0.3 is 10.2 Å². The summed E-state index contributed by atoms with van der Waals surface area (Å²) in [6.07, 6.45) is 10.9. The third-order valence-electron chi connectivity index (χ3n) is 6.29. The van der Waals surface area contributed by atoms with Crippen molar-refractivity contribution in [1.82, 2.24) is 20.2 Å². The van der Waals surface area contributed by atoms with Gasteiger partial charge in [-0.2, -0.15) is 10.1 Å². The minimum Gasteiger partial charge on any atom is -0.340 e. The summed E-state index contributed by atoms with van der Waals surface area (Å²) < 4.78 is 0.